The Hall–Kier alpha value is -6.10. The van der Waals surface area contributed by atoms with E-state index in [1.54, 1.807) is 121 Å². The van der Waals surface area contributed by atoms with Gasteiger partial charge in [-0.2, -0.15) is 0 Å². The highest BCUT2D eigenvalue weighted by Gasteiger charge is 2.53. The van der Waals surface area contributed by atoms with E-state index < -0.39 is 61.2 Å². The first kappa shape index (κ1) is 34.8. The van der Waals surface area contributed by atoms with Crippen molar-refractivity contribution < 1.29 is 47.6 Å². The van der Waals surface area contributed by atoms with E-state index in [1.165, 1.54) is 0 Å². The van der Waals surface area contributed by atoms with E-state index in [0.29, 0.717) is 0 Å². The Labute approximate surface area is 294 Å². The predicted octanol–water partition coefficient (Wildman–Crippen LogP) is 6.46. The molecule has 0 bridgehead atoms. The molecule has 0 saturated carbocycles. The third-order valence-corrected chi connectivity index (χ3v) is 8.00. The van der Waals surface area contributed by atoms with Gasteiger partial charge in [0.2, 0.25) is 6.29 Å². The molecule has 1 aliphatic heterocycles. The first-order valence-electron chi connectivity index (χ1n) is 16.3. The molecule has 1 heterocycles. The molecule has 51 heavy (non-hydrogen) atoms. The van der Waals surface area contributed by atoms with Crippen LogP contribution in [0.25, 0.3) is 0 Å². The average molecular weight is 687 g/mol. The van der Waals surface area contributed by atoms with Crippen LogP contribution in [-0.2, 0) is 35.0 Å². The van der Waals surface area contributed by atoms with Crippen LogP contribution in [0.4, 0.5) is 0 Å². The summed E-state index contributed by atoms with van der Waals surface area (Å²) in [6, 6.07) is 42.2. The van der Waals surface area contributed by atoms with Crippen molar-refractivity contribution in [2.75, 3.05) is 6.61 Å². The summed E-state index contributed by atoms with van der Waals surface area (Å²) in [6.45, 7) is -0.454. The van der Waals surface area contributed by atoms with Gasteiger partial charge in [0, 0.05) is 0 Å². The van der Waals surface area contributed by atoms with Crippen molar-refractivity contribution in [3.8, 4) is 0 Å². The Morgan fingerprint density at radius 3 is 1.31 bits per heavy atom. The lowest BCUT2D eigenvalue weighted by atomic mass is 9.97. The lowest BCUT2D eigenvalue weighted by molar-refractivity contribution is -0.292. The summed E-state index contributed by atoms with van der Waals surface area (Å²) in [6.07, 6.45) is -6.90. The molecule has 1 fully saturated rings. The summed E-state index contributed by atoms with van der Waals surface area (Å²) in [5.74, 6) is -2.93. The summed E-state index contributed by atoms with van der Waals surface area (Å²) in [7, 11) is 0. The minimum atomic E-state index is -1.58. The molecule has 0 radical (unpaired) electrons. The van der Waals surface area contributed by atoms with Gasteiger partial charge >= 0.3 is 23.9 Å². The van der Waals surface area contributed by atoms with E-state index in [4.69, 9.17) is 28.4 Å². The molecule has 0 aliphatic carbocycles. The number of hydrogen-bond acceptors (Lipinski definition) is 10. The number of esters is 4. The fraction of sp³-hybridized carbons (Fsp3) is 0.171. The molecule has 10 heteroatoms. The maximum Gasteiger partial charge on any atom is 0.340 e. The maximum absolute atomic E-state index is 13.6. The number of rotatable bonds is 12. The fourth-order valence-electron chi connectivity index (χ4n) is 5.43. The quantitative estimate of drug-likeness (QED) is 0.107. The van der Waals surface area contributed by atoms with Crippen LogP contribution >= 0.6 is 0 Å². The van der Waals surface area contributed by atoms with Crippen LogP contribution in [0.15, 0.2) is 152 Å². The molecule has 6 rings (SSSR count). The summed E-state index contributed by atoms with van der Waals surface area (Å²) in [5, 5.41) is 0. The van der Waals surface area contributed by atoms with Gasteiger partial charge in [-0.3, -0.25) is 0 Å². The van der Waals surface area contributed by atoms with Crippen molar-refractivity contribution in [3.63, 3.8) is 0 Å². The van der Waals surface area contributed by atoms with E-state index in [-0.39, 0.29) is 28.9 Å². The average Bonchev–Trinajstić information content (AvgIpc) is 3.19. The SMILES string of the molecule is O=C(OCC1O[C@@H](OC(=O)c2ccccc2)C(OC(=O)c2ccccc2)[C@H](OCc2ccccc2)[C@@H]1OC(=O)c1ccccc1)c1ccccc1. The second-order valence-corrected chi connectivity index (χ2v) is 11.5. The van der Waals surface area contributed by atoms with Gasteiger partial charge in [-0.05, 0) is 54.1 Å². The molecule has 1 saturated heterocycles. The van der Waals surface area contributed by atoms with Crippen LogP contribution < -0.4 is 0 Å². The van der Waals surface area contributed by atoms with E-state index in [9.17, 15) is 19.2 Å². The Balaban J connectivity index is 1.39. The number of ether oxygens (including phenoxy) is 6. The van der Waals surface area contributed by atoms with Crippen LogP contribution in [0.1, 0.15) is 47.0 Å². The number of carbonyl (C=O) groups excluding carboxylic acids is 4. The monoisotopic (exact) mass is 686 g/mol. The molecule has 2 unspecified atom stereocenters. The molecule has 0 amide bonds. The van der Waals surface area contributed by atoms with Gasteiger partial charge in [-0.1, -0.05) is 103 Å². The summed E-state index contributed by atoms with van der Waals surface area (Å²) >= 11 is 0. The van der Waals surface area contributed by atoms with Gasteiger partial charge in [0.15, 0.2) is 12.2 Å². The first-order valence-corrected chi connectivity index (χ1v) is 16.3. The molecular formula is C41H34O10. The van der Waals surface area contributed by atoms with Crippen molar-refractivity contribution in [2.24, 2.45) is 0 Å². The standard InChI is InChI=1S/C41H34O10/c42-37(29-18-8-2-9-19-29)47-27-33-34(49-38(43)30-20-10-3-11-21-30)35(46-26-28-16-6-1-7-17-28)36(50-39(44)31-22-12-4-13-23-31)41(48-33)51-40(45)32-24-14-5-15-25-32/h1-25,33-36,41H,26-27H2/t33?,34-,35-,36?,41+/m1/s1. The maximum atomic E-state index is 13.6. The lowest BCUT2D eigenvalue weighted by Gasteiger charge is -2.44. The third-order valence-electron chi connectivity index (χ3n) is 8.00. The molecule has 5 aromatic rings. The Morgan fingerprint density at radius 1 is 0.451 bits per heavy atom. The second kappa shape index (κ2) is 17.0. The smallest absolute Gasteiger partial charge is 0.340 e. The third kappa shape index (κ3) is 9.13. The molecule has 0 aromatic heterocycles. The van der Waals surface area contributed by atoms with Crippen molar-refractivity contribution in [2.45, 2.75) is 37.3 Å². The Morgan fingerprint density at radius 2 is 0.843 bits per heavy atom. The minimum Gasteiger partial charge on any atom is -0.459 e. The Bertz CT molecular complexity index is 1890. The van der Waals surface area contributed by atoms with Gasteiger partial charge in [-0.25, -0.2) is 19.2 Å². The highest BCUT2D eigenvalue weighted by atomic mass is 16.7. The minimum absolute atomic E-state index is 0.0137. The van der Waals surface area contributed by atoms with Gasteiger partial charge in [-0.15, -0.1) is 0 Å². The van der Waals surface area contributed by atoms with Crippen molar-refractivity contribution >= 4 is 23.9 Å². The zero-order chi connectivity index (χ0) is 35.4. The first-order chi connectivity index (χ1) is 25.0. The second-order valence-electron chi connectivity index (χ2n) is 11.5. The fourth-order valence-corrected chi connectivity index (χ4v) is 5.43. The lowest BCUT2D eigenvalue weighted by Crippen LogP contribution is -2.63. The van der Waals surface area contributed by atoms with Crippen LogP contribution in [0, 0.1) is 0 Å². The Kier molecular flexibility index (Phi) is 11.6. The largest absolute Gasteiger partial charge is 0.459 e. The van der Waals surface area contributed by atoms with Gasteiger partial charge in [0.05, 0.1) is 28.9 Å². The zero-order valence-corrected chi connectivity index (χ0v) is 27.3. The van der Waals surface area contributed by atoms with Crippen molar-refractivity contribution in [1.82, 2.24) is 0 Å². The molecule has 1 aliphatic rings. The summed E-state index contributed by atoms with van der Waals surface area (Å²) in [5.41, 5.74) is 1.69. The number of carbonyl (C=O) groups is 4. The molecule has 0 N–H and O–H groups in total. The molecular weight excluding hydrogens is 652 g/mol. The van der Waals surface area contributed by atoms with Crippen molar-refractivity contribution in [3.05, 3.63) is 179 Å². The van der Waals surface area contributed by atoms with Crippen molar-refractivity contribution in [1.29, 1.82) is 0 Å². The van der Waals surface area contributed by atoms with E-state index in [1.807, 2.05) is 30.3 Å². The number of benzene rings is 5. The van der Waals surface area contributed by atoms with E-state index >= 15 is 0 Å². The van der Waals surface area contributed by atoms with E-state index in [2.05, 4.69) is 0 Å². The highest BCUT2D eigenvalue weighted by molar-refractivity contribution is 5.91. The van der Waals surface area contributed by atoms with Crippen LogP contribution in [0.5, 0.6) is 0 Å². The molecule has 10 nitrogen and oxygen atoms in total. The van der Waals surface area contributed by atoms with Crippen LogP contribution in [0.2, 0.25) is 0 Å². The summed E-state index contributed by atoms with van der Waals surface area (Å²) in [4.78, 5) is 53.7. The molecule has 5 aromatic carbocycles. The predicted molar refractivity (Wildman–Crippen MR) is 184 cm³/mol. The summed E-state index contributed by atoms with van der Waals surface area (Å²) < 4.78 is 36.4. The molecule has 258 valence electrons. The van der Waals surface area contributed by atoms with Gasteiger partial charge < -0.3 is 28.4 Å². The topological polar surface area (TPSA) is 124 Å². The normalized spacial score (nSPS) is 19.6. The number of hydrogen-bond donors (Lipinski definition) is 0. The van der Waals surface area contributed by atoms with Gasteiger partial charge in [0.25, 0.3) is 0 Å². The van der Waals surface area contributed by atoms with Crippen LogP contribution in [-0.4, -0.2) is 61.2 Å². The molecule has 0 spiro atoms. The van der Waals surface area contributed by atoms with Gasteiger partial charge in [0.1, 0.15) is 18.8 Å². The zero-order valence-electron chi connectivity index (χ0n) is 27.3. The molecule has 5 atom stereocenters. The van der Waals surface area contributed by atoms with E-state index in [0.717, 1.165) is 5.56 Å². The van der Waals surface area contributed by atoms with Crippen LogP contribution in [0.3, 0.4) is 0 Å². The highest BCUT2D eigenvalue weighted by Crippen LogP contribution is 2.32.